The molecule has 3 aromatic carbocycles. The van der Waals surface area contributed by atoms with Crippen LogP contribution in [0, 0.1) is 0 Å². The van der Waals surface area contributed by atoms with Gasteiger partial charge in [-0.3, -0.25) is 0 Å². The number of ether oxygens (including phenoxy) is 1. The summed E-state index contributed by atoms with van der Waals surface area (Å²) >= 11 is 0. The summed E-state index contributed by atoms with van der Waals surface area (Å²) in [6, 6.07) is 25.8. The van der Waals surface area contributed by atoms with Crippen LogP contribution in [0.2, 0.25) is 0 Å². The average molecular weight is 386 g/mol. The highest BCUT2D eigenvalue weighted by Crippen LogP contribution is 2.35. The zero-order valence-corrected chi connectivity index (χ0v) is 16.7. The molecule has 0 unspecified atom stereocenters. The van der Waals surface area contributed by atoms with E-state index in [2.05, 4.69) is 43.3 Å². The highest BCUT2D eigenvalue weighted by molar-refractivity contribution is 5.98. The Hall–Kier alpha value is -3.33. The minimum absolute atomic E-state index is 0.255. The topological polar surface area (TPSA) is 46.5 Å². The predicted molar refractivity (Wildman–Crippen MR) is 118 cm³/mol. The van der Waals surface area contributed by atoms with Gasteiger partial charge in [-0.1, -0.05) is 61.5 Å². The lowest BCUT2D eigenvalue weighted by atomic mass is 9.88. The van der Waals surface area contributed by atoms with Crippen LogP contribution in [0.3, 0.4) is 0 Å². The van der Waals surface area contributed by atoms with Crippen LogP contribution in [0.15, 0.2) is 78.9 Å². The van der Waals surface area contributed by atoms with Gasteiger partial charge < -0.3 is 14.6 Å². The Morgan fingerprint density at radius 1 is 0.862 bits per heavy atom. The number of phenolic OH excluding ortho intramolecular Hbond substituents is 1. The first kappa shape index (κ1) is 20.4. The third-order valence-electron chi connectivity index (χ3n) is 4.81. The number of aromatic hydroxyl groups is 1. The quantitative estimate of drug-likeness (QED) is 0.274. The summed E-state index contributed by atoms with van der Waals surface area (Å²) in [7, 11) is 0. The predicted octanol–water partition coefficient (Wildman–Crippen LogP) is 6.12. The molecule has 1 N–H and O–H groups in total. The third-order valence-corrected chi connectivity index (χ3v) is 4.81. The van der Waals surface area contributed by atoms with E-state index in [1.54, 1.807) is 12.1 Å². The van der Waals surface area contributed by atoms with Crippen molar-refractivity contribution in [1.29, 1.82) is 0 Å². The van der Waals surface area contributed by atoms with Crippen molar-refractivity contribution in [1.82, 2.24) is 0 Å². The van der Waals surface area contributed by atoms with E-state index >= 15 is 0 Å². The molecule has 0 amide bonds. The van der Waals surface area contributed by atoms with Gasteiger partial charge in [0.1, 0.15) is 17.8 Å². The smallest absolute Gasteiger partial charge is 0.120 e. The molecule has 29 heavy (non-hydrogen) atoms. The molecule has 0 saturated heterocycles. The molecule has 0 aliphatic rings. The van der Waals surface area contributed by atoms with Gasteiger partial charge in [-0.05, 0) is 64.9 Å². The van der Waals surface area contributed by atoms with Crippen LogP contribution < -0.4 is 4.74 Å². The summed E-state index contributed by atoms with van der Waals surface area (Å²) in [6.07, 6.45) is 3.03. The van der Waals surface area contributed by atoms with Crippen LogP contribution >= 0.6 is 0 Å². The van der Waals surface area contributed by atoms with Crippen molar-refractivity contribution in [3.8, 4) is 11.5 Å². The van der Waals surface area contributed by atoms with Crippen LogP contribution in [0.5, 0.6) is 11.5 Å². The van der Waals surface area contributed by atoms with Gasteiger partial charge >= 0.3 is 0 Å². The van der Waals surface area contributed by atoms with Gasteiger partial charge in [-0.15, -0.1) is 0 Å². The van der Waals surface area contributed by atoms with Crippen molar-refractivity contribution < 1.29 is 14.6 Å². The average Bonchev–Trinajstić information content (AvgIpc) is 2.77. The summed E-state index contributed by atoms with van der Waals surface area (Å²) in [5.74, 6) is 1.05. The lowest BCUT2D eigenvalue weighted by Crippen LogP contribution is -1.98. The summed E-state index contributed by atoms with van der Waals surface area (Å²) < 4.78 is 5.73. The molecule has 0 heterocycles. The Morgan fingerprint density at radius 3 is 2.07 bits per heavy atom. The van der Waals surface area contributed by atoms with Crippen molar-refractivity contribution in [3.63, 3.8) is 0 Å². The summed E-state index contributed by atoms with van der Waals surface area (Å²) in [4.78, 5) is 10.4. The zero-order chi connectivity index (χ0) is 20.5. The van der Waals surface area contributed by atoms with E-state index in [0.29, 0.717) is 13.0 Å². The number of aldehydes is 1. The SMILES string of the molecule is CC/C(=C(\c1ccc(O)cc1)c1ccc(OCCCC=O)cc1)c1ccccc1. The fraction of sp³-hybridized carbons (Fsp3) is 0.192. The molecule has 0 bridgehead atoms. The molecule has 0 spiro atoms. The summed E-state index contributed by atoms with van der Waals surface area (Å²) in [5, 5.41) is 9.72. The van der Waals surface area contributed by atoms with Crippen LogP contribution in [-0.2, 0) is 4.79 Å². The number of allylic oxidation sites excluding steroid dienone is 1. The van der Waals surface area contributed by atoms with Crippen LogP contribution in [0.25, 0.3) is 11.1 Å². The van der Waals surface area contributed by atoms with E-state index in [-0.39, 0.29) is 5.75 Å². The zero-order valence-electron chi connectivity index (χ0n) is 16.7. The minimum Gasteiger partial charge on any atom is -0.508 e. The van der Waals surface area contributed by atoms with Gasteiger partial charge in [-0.2, -0.15) is 0 Å². The maximum atomic E-state index is 10.4. The van der Waals surface area contributed by atoms with Crippen molar-refractivity contribution in [3.05, 3.63) is 95.6 Å². The van der Waals surface area contributed by atoms with Crippen molar-refractivity contribution in [2.24, 2.45) is 0 Å². The molecular formula is C26H26O3. The number of unbranched alkanes of at least 4 members (excludes halogenated alkanes) is 1. The highest BCUT2D eigenvalue weighted by atomic mass is 16.5. The van der Waals surface area contributed by atoms with Crippen molar-refractivity contribution in [2.45, 2.75) is 26.2 Å². The Morgan fingerprint density at radius 2 is 1.48 bits per heavy atom. The molecule has 3 nitrogen and oxygen atoms in total. The number of carbonyl (C=O) groups excluding carboxylic acids is 1. The second-order valence-corrected chi connectivity index (χ2v) is 6.80. The maximum Gasteiger partial charge on any atom is 0.120 e. The fourth-order valence-electron chi connectivity index (χ4n) is 3.38. The second kappa shape index (κ2) is 10.3. The van der Waals surface area contributed by atoms with Crippen LogP contribution in [0.4, 0.5) is 0 Å². The van der Waals surface area contributed by atoms with Crippen molar-refractivity contribution in [2.75, 3.05) is 6.61 Å². The summed E-state index contributed by atoms with van der Waals surface area (Å²) in [5.41, 5.74) is 5.73. The first-order chi connectivity index (χ1) is 14.2. The highest BCUT2D eigenvalue weighted by Gasteiger charge is 2.13. The molecule has 3 rings (SSSR count). The normalized spacial score (nSPS) is 11.6. The standard InChI is InChI=1S/C26H26O3/c1-2-25(20-8-4-3-5-9-20)26(21-10-14-23(28)15-11-21)22-12-16-24(17-13-22)29-19-7-6-18-27/h3-5,8-18,28H,2,6-7,19H2,1H3/b26-25-. The maximum absolute atomic E-state index is 10.4. The Balaban J connectivity index is 2.00. The molecule has 3 heteroatoms. The van der Waals surface area contributed by atoms with Gasteiger partial charge in [0.05, 0.1) is 6.61 Å². The largest absolute Gasteiger partial charge is 0.508 e. The molecular weight excluding hydrogens is 360 g/mol. The Bertz CT molecular complexity index is 940. The van der Waals surface area contributed by atoms with Gasteiger partial charge in [0.15, 0.2) is 0 Å². The van der Waals surface area contributed by atoms with E-state index in [0.717, 1.165) is 41.6 Å². The molecule has 148 valence electrons. The number of hydrogen-bond acceptors (Lipinski definition) is 3. The molecule has 0 aliphatic heterocycles. The monoisotopic (exact) mass is 386 g/mol. The second-order valence-electron chi connectivity index (χ2n) is 6.80. The van der Waals surface area contributed by atoms with Gasteiger partial charge in [0.25, 0.3) is 0 Å². The van der Waals surface area contributed by atoms with E-state index in [4.69, 9.17) is 4.74 Å². The molecule has 3 aromatic rings. The Kier molecular flexibility index (Phi) is 7.23. The first-order valence-corrected chi connectivity index (χ1v) is 9.97. The number of carbonyl (C=O) groups is 1. The van der Waals surface area contributed by atoms with E-state index in [9.17, 15) is 9.90 Å². The van der Waals surface area contributed by atoms with Crippen molar-refractivity contribution >= 4 is 17.4 Å². The number of benzene rings is 3. The minimum atomic E-state index is 0.255. The lowest BCUT2D eigenvalue weighted by molar-refractivity contribution is -0.108. The molecule has 0 radical (unpaired) electrons. The number of rotatable bonds is 9. The fourth-order valence-corrected chi connectivity index (χ4v) is 3.38. The van der Waals surface area contributed by atoms with E-state index in [1.165, 1.54) is 11.1 Å². The first-order valence-electron chi connectivity index (χ1n) is 9.97. The molecule has 0 fully saturated rings. The Labute approximate surface area is 172 Å². The van der Waals surface area contributed by atoms with Gasteiger partial charge in [-0.25, -0.2) is 0 Å². The lowest BCUT2D eigenvalue weighted by Gasteiger charge is -2.17. The number of hydrogen-bond donors (Lipinski definition) is 1. The molecule has 0 saturated carbocycles. The third kappa shape index (κ3) is 5.35. The van der Waals surface area contributed by atoms with Gasteiger partial charge in [0, 0.05) is 6.42 Å². The van der Waals surface area contributed by atoms with Crippen LogP contribution in [-0.4, -0.2) is 18.0 Å². The van der Waals surface area contributed by atoms with E-state index in [1.807, 2.05) is 30.3 Å². The van der Waals surface area contributed by atoms with Gasteiger partial charge in [0.2, 0.25) is 0 Å². The van der Waals surface area contributed by atoms with E-state index < -0.39 is 0 Å². The molecule has 0 aromatic heterocycles. The summed E-state index contributed by atoms with van der Waals surface area (Å²) in [6.45, 7) is 2.69. The number of phenols is 1. The molecule has 0 aliphatic carbocycles. The molecule has 0 atom stereocenters. The van der Waals surface area contributed by atoms with Crippen LogP contribution in [0.1, 0.15) is 42.9 Å².